The summed E-state index contributed by atoms with van der Waals surface area (Å²) in [5.41, 5.74) is 3.06. The third-order valence-electron chi connectivity index (χ3n) is 7.25. The van der Waals surface area contributed by atoms with Gasteiger partial charge in [0.25, 0.3) is 5.91 Å². The third kappa shape index (κ3) is 5.51. The topological polar surface area (TPSA) is 68.8 Å². The summed E-state index contributed by atoms with van der Waals surface area (Å²) < 4.78 is 0. The Bertz CT molecular complexity index is 1160. The van der Waals surface area contributed by atoms with Crippen LogP contribution in [-0.4, -0.2) is 76.3 Å². The average Bonchev–Trinajstić information content (AvgIpc) is 3.60. The van der Waals surface area contributed by atoms with Crippen molar-refractivity contribution in [3.05, 3.63) is 87.9 Å². The Morgan fingerprint density at radius 1 is 1.08 bits per heavy atom. The highest BCUT2D eigenvalue weighted by atomic mass is 32.1. The first-order chi connectivity index (χ1) is 17.6. The minimum Gasteiger partial charge on any atom is -0.338 e. The van der Waals surface area contributed by atoms with Crippen LogP contribution < -0.4 is 5.32 Å². The lowest BCUT2D eigenvalue weighted by Crippen LogP contribution is -2.53. The number of nitrogens with one attached hydrogen (secondary N) is 1. The molecule has 2 aliphatic rings. The van der Waals surface area contributed by atoms with Gasteiger partial charge in [0.1, 0.15) is 6.04 Å². The summed E-state index contributed by atoms with van der Waals surface area (Å²) in [6, 6.07) is 15.9. The summed E-state index contributed by atoms with van der Waals surface area (Å²) in [7, 11) is 0. The number of piperazine rings is 1. The molecular formula is C28H33N5O2S. The lowest BCUT2D eigenvalue weighted by atomic mass is 10.1. The van der Waals surface area contributed by atoms with E-state index in [9.17, 15) is 9.59 Å². The predicted octanol–water partition coefficient (Wildman–Crippen LogP) is 3.17. The Hall–Kier alpha value is -3.07. The Labute approximate surface area is 216 Å². The molecule has 0 saturated carbocycles. The molecule has 0 bridgehead atoms. The molecule has 2 aliphatic heterocycles. The largest absolute Gasteiger partial charge is 0.338 e. The summed E-state index contributed by atoms with van der Waals surface area (Å²) in [4.78, 5) is 38.9. The molecular weight excluding hydrogens is 470 g/mol. The summed E-state index contributed by atoms with van der Waals surface area (Å²) >= 11 is 1.75. The van der Waals surface area contributed by atoms with E-state index in [4.69, 9.17) is 0 Å². The fourth-order valence-corrected chi connectivity index (χ4v) is 5.94. The van der Waals surface area contributed by atoms with Crippen LogP contribution >= 0.6 is 11.3 Å². The van der Waals surface area contributed by atoms with Gasteiger partial charge in [0, 0.05) is 69.1 Å². The van der Waals surface area contributed by atoms with Gasteiger partial charge in [-0.2, -0.15) is 0 Å². The molecule has 2 fully saturated rings. The van der Waals surface area contributed by atoms with Crippen molar-refractivity contribution < 1.29 is 9.59 Å². The van der Waals surface area contributed by atoms with Crippen molar-refractivity contribution in [1.82, 2.24) is 25.0 Å². The fourth-order valence-electron chi connectivity index (χ4n) is 5.21. The van der Waals surface area contributed by atoms with Crippen LogP contribution in [-0.2, 0) is 17.9 Å². The maximum absolute atomic E-state index is 13.7. The van der Waals surface area contributed by atoms with E-state index in [-0.39, 0.29) is 17.9 Å². The number of pyridine rings is 1. The van der Waals surface area contributed by atoms with Crippen molar-refractivity contribution in [3.8, 4) is 0 Å². The zero-order chi connectivity index (χ0) is 24.9. The van der Waals surface area contributed by atoms with E-state index < -0.39 is 6.04 Å². The summed E-state index contributed by atoms with van der Waals surface area (Å²) in [6.07, 6.45) is 3.89. The molecule has 1 aromatic carbocycles. The first kappa shape index (κ1) is 24.6. The fraction of sp³-hybridized carbons (Fsp3) is 0.393. The third-order valence-corrected chi connectivity index (χ3v) is 8.11. The number of carbonyl (C=O) groups excluding carboxylic acids is 2. The molecule has 0 aliphatic carbocycles. The van der Waals surface area contributed by atoms with Crippen LogP contribution in [0, 0.1) is 6.92 Å². The van der Waals surface area contributed by atoms with Gasteiger partial charge >= 0.3 is 0 Å². The number of nitrogens with zero attached hydrogens (tertiary/aromatic N) is 4. The van der Waals surface area contributed by atoms with Gasteiger partial charge < -0.3 is 15.1 Å². The van der Waals surface area contributed by atoms with Crippen molar-refractivity contribution in [3.63, 3.8) is 0 Å². The zero-order valence-corrected chi connectivity index (χ0v) is 21.5. The van der Waals surface area contributed by atoms with Crippen LogP contribution in [0.15, 0.2) is 66.3 Å². The van der Waals surface area contributed by atoms with Crippen LogP contribution in [0.3, 0.4) is 0 Å². The number of rotatable bonds is 7. The van der Waals surface area contributed by atoms with E-state index in [1.165, 1.54) is 16.0 Å². The van der Waals surface area contributed by atoms with Crippen molar-refractivity contribution in [1.29, 1.82) is 0 Å². The predicted molar refractivity (Wildman–Crippen MR) is 142 cm³/mol. The Morgan fingerprint density at radius 2 is 1.92 bits per heavy atom. The van der Waals surface area contributed by atoms with Crippen molar-refractivity contribution in [2.45, 2.75) is 38.5 Å². The van der Waals surface area contributed by atoms with Crippen LogP contribution in [0.2, 0.25) is 0 Å². The van der Waals surface area contributed by atoms with Gasteiger partial charge in [-0.05, 0) is 48.1 Å². The molecule has 2 aromatic heterocycles. The molecule has 4 heterocycles. The normalized spacial score (nSPS) is 20.2. The van der Waals surface area contributed by atoms with Crippen molar-refractivity contribution in [2.24, 2.45) is 0 Å². The number of likely N-dealkylation sites (tertiary alicyclic amines) is 1. The molecule has 36 heavy (non-hydrogen) atoms. The van der Waals surface area contributed by atoms with Crippen molar-refractivity contribution >= 4 is 23.2 Å². The van der Waals surface area contributed by atoms with E-state index in [0.29, 0.717) is 31.6 Å². The molecule has 8 heteroatoms. The Kier molecular flexibility index (Phi) is 7.75. The number of hydrogen-bond donors (Lipinski definition) is 1. The molecule has 188 valence electrons. The van der Waals surface area contributed by atoms with Gasteiger partial charge in [0.05, 0.1) is 5.56 Å². The standard InChI is InChI=1S/C28H33N5O2S/c1-21-6-2-3-7-23(21)18-32(20-25-9-5-15-36-25)24-16-26(28(35)31-13-11-29-12-14-31)33(19-24)27(34)22-8-4-10-30-17-22/h2-10,15,17,24,26,29H,11-14,16,18-20H2,1H3. The monoisotopic (exact) mass is 503 g/mol. The van der Waals surface area contributed by atoms with E-state index in [0.717, 1.165) is 26.2 Å². The van der Waals surface area contributed by atoms with E-state index in [1.807, 2.05) is 4.90 Å². The highest BCUT2D eigenvalue weighted by Crippen LogP contribution is 2.29. The average molecular weight is 504 g/mol. The van der Waals surface area contributed by atoms with Crippen LogP contribution in [0.25, 0.3) is 0 Å². The van der Waals surface area contributed by atoms with Gasteiger partial charge in [-0.25, -0.2) is 0 Å². The SMILES string of the molecule is Cc1ccccc1CN(Cc1cccs1)C1CC(C(=O)N2CCNCC2)N(C(=O)c2cccnc2)C1. The molecule has 2 unspecified atom stereocenters. The molecule has 7 nitrogen and oxygen atoms in total. The number of carbonyl (C=O) groups is 2. The van der Waals surface area contributed by atoms with Crippen LogP contribution in [0.4, 0.5) is 0 Å². The minimum atomic E-state index is -0.469. The summed E-state index contributed by atoms with van der Waals surface area (Å²) in [6.45, 7) is 7.16. The zero-order valence-electron chi connectivity index (χ0n) is 20.7. The molecule has 5 rings (SSSR count). The molecule has 3 aromatic rings. The first-order valence-electron chi connectivity index (χ1n) is 12.6. The van der Waals surface area contributed by atoms with Gasteiger partial charge in [-0.1, -0.05) is 30.3 Å². The number of aromatic nitrogens is 1. The highest BCUT2D eigenvalue weighted by Gasteiger charge is 2.43. The maximum Gasteiger partial charge on any atom is 0.256 e. The number of benzene rings is 1. The Balaban J connectivity index is 1.44. The number of amides is 2. The molecule has 0 radical (unpaired) electrons. The second-order valence-electron chi connectivity index (χ2n) is 9.59. The van der Waals surface area contributed by atoms with Crippen LogP contribution in [0.5, 0.6) is 0 Å². The van der Waals surface area contributed by atoms with Crippen molar-refractivity contribution in [2.75, 3.05) is 32.7 Å². The minimum absolute atomic E-state index is 0.0585. The Morgan fingerprint density at radius 3 is 2.64 bits per heavy atom. The number of thiophene rings is 1. The lowest BCUT2D eigenvalue weighted by molar-refractivity contribution is -0.135. The van der Waals surface area contributed by atoms with Gasteiger partial charge in [-0.3, -0.25) is 19.5 Å². The molecule has 1 N–H and O–H groups in total. The summed E-state index contributed by atoms with van der Waals surface area (Å²) in [5, 5.41) is 5.42. The quantitative estimate of drug-likeness (QED) is 0.537. The van der Waals surface area contributed by atoms with Crippen LogP contribution in [0.1, 0.15) is 32.8 Å². The van der Waals surface area contributed by atoms with Gasteiger partial charge in [0.2, 0.25) is 5.91 Å². The second-order valence-corrected chi connectivity index (χ2v) is 10.6. The molecule has 0 spiro atoms. The molecule has 2 saturated heterocycles. The van der Waals surface area contributed by atoms with E-state index in [1.54, 1.807) is 40.8 Å². The first-order valence-corrected chi connectivity index (χ1v) is 13.5. The van der Waals surface area contributed by atoms with Gasteiger partial charge in [0.15, 0.2) is 0 Å². The number of aryl methyl sites for hydroxylation is 1. The molecule has 2 amide bonds. The van der Waals surface area contributed by atoms with Gasteiger partial charge in [-0.15, -0.1) is 11.3 Å². The highest BCUT2D eigenvalue weighted by molar-refractivity contribution is 7.09. The smallest absolute Gasteiger partial charge is 0.256 e. The van der Waals surface area contributed by atoms with E-state index in [2.05, 4.69) is 63.9 Å². The molecule has 2 atom stereocenters. The second kappa shape index (κ2) is 11.3. The maximum atomic E-state index is 13.7. The van der Waals surface area contributed by atoms with E-state index >= 15 is 0 Å². The number of hydrogen-bond acceptors (Lipinski definition) is 6. The lowest BCUT2D eigenvalue weighted by Gasteiger charge is -2.32. The summed E-state index contributed by atoms with van der Waals surface area (Å²) in [5.74, 6) is -0.0609.